The largest absolute Gasteiger partial charge is 0.328 e. The van der Waals surface area contributed by atoms with Crippen molar-refractivity contribution in [3.8, 4) is 0 Å². The van der Waals surface area contributed by atoms with E-state index in [4.69, 9.17) is 5.73 Å². The highest BCUT2D eigenvalue weighted by molar-refractivity contribution is 7.90. The number of hydrogen-bond donors (Lipinski definition) is 1. The maximum absolute atomic E-state index is 12.1. The third-order valence-electron chi connectivity index (χ3n) is 3.22. The molecule has 3 nitrogen and oxygen atoms in total. The zero-order valence-corrected chi connectivity index (χ0v) is 13.0. The highest BCUT2D eigenvalue weighted by Crippen LogP contribution is 2.13. The number of benzene rings is 1. The van der Waals surface area contributed by atoms with E-state index in [1.165, 1.54) is 0 Å². The zero-order chi connectivity index (χ0) is 14.5. The molecule has 1 aromatic carbocycles. The molecule has 0 aliphatic heterocycles. The molecule has 19 heavy (non-hydrogen) atoms. The van der Waals surface area contributed by atoms with Gasteiger partial charge in [0, 0.05) is 6.04 Å². The van der Waals surface area contributed by atoms with Gasteiger partial charge in [0.05, 0.1) is 11.5 Å². The van der Waals surface area contributed by atoms with Crippen LogP contribution in [-0.2, 0) is 15.6 Å². The van der Waals surface area contributed by atoms with Crippen LogP contribution in [-0.4, -0.2) is 20.2 Å². The van der Waals surface area contributed by atoms with Crippen molar-refractivity contribution in [2.24, 2.45) is 5.73 Å². The van der Waals surface area contributed by atoms with Crippen molar-refractivity contribution >= 4 is 9.84 Å². The predicted octanol–water partition coefficient (Wildman–Crippen LogP) is 2.74. The van der Waals surface area contributed by atoms with E-state index in [-0.39, 0.29) is 17.5 Å². The van der Waals surface area contributed by atoms with Gasteiger partial charge in [0.2, 0.25) is 0 Å². The van der Waals surface area contributed by atoms with Crippen LogP contribution in [0.3, 0.4) is 0 Å². The summed E-state index contributed by atoms with van der Waals surface area (Å²) in [7, 11) is -3.03. The van der Waals surface area contributed by atoms with Crippen LogP contribution in [0.4, 0.5) is 0 Å². The fourth-order valence-corrected chi connectivity index (χ4v) is 3.67. The molecule has 2 N–H and O–H groups in total. The molecule has 0 bridgehead atoms. The van der Waals surface area contributed by atoms with Gasteiger partial charge in [-0.3, -0.25) is 0 Å². The Balaban J connectivity index is 2.59. The summed E-state index contributed by atoms with van der Waals surface area (Å²) in [4.78, 5) is 0. The Labute approximate surface area is 117 Å². The van der Waals surface area contributed by atoms with Crippen LogP contribution in [0.1, 0.15) is 42.9 Å². The van der Waals surface area contributed by atoms with Gasteiger partial charge in [-0.15, -0.1) is 0 Å². The van der Waals surface area contributed by atoms with Crippen LogP contribution in [0.25, 0.3) is 0 Å². The van der Waals surface area contributed by atoms with E-state index in [1.807, 2.05) is 32.9 Å². The van der Waals surface area contributed by atoms with Gasteiger partial charge < -0.3 is 5.73 Å². The lowest BCUT2D eigenvalue weighted by molar-refractivity contribution is 0.567. The van der Waals surface area contributed by atoms with E-state index < -0.39 is 9.84 Å². The topological polar surface area (TPSA) is 60.2 Å². The molecule has 0 saturated carbocycles. The summed E-state index contributed by atoms with van der Waals surface area (Å²) < 4.78 is 24.1. The second kappa shape index (κ2) is 7.06. The monoisotopic (exact) mass is 283 g/mol. The summed E-state index contributed by atoms with van der Waals surface area (Å²) in [6, 6.07) is 6.07. The van der Waals surface area contributed by atoms with Crippen LogP contribution in [0.2, 0.25) is 0 Å². The standard InChI is InChI=1S/C15H25NO2S/c1-4-15(16)6-5-7-19(17,18)11-14-9-12(2)8-13(3)10-14/h8-10,15H,4-7,11,16H2,1-3H3. The molecule has 4 heteroatoms. The first-order valence-corrected chi connectivity index (χ1v) is 8.67. The van der Waals surface area contributed by atoms with Crippen LogP contribution >= 0.6 is 0 Å². The lowest BCUT2D eigenvalue weighted by atomic mass is 10.1. The van der Waals surface area contributed by atoms with Crippen molar-refractivity contribution in [3.05, 3.63) is 34.9 Å². The van der Waals surface area contributed by atoms with Gasteiger partial charge in [-0.05, 0) is 38.7 Å². The highest BCUT2D eigenvalue weighted by Gasteiger charge is 2.13. The Kier molecular flexibility index (Phi) is 6.01. The molecule has 0 saturated heterocycles. The van der Waals surface area contributed by atoms with Crippen molar-refractivity contribution in [1.82, 2.24) is 0 Å². The minimum Gasteiger partial charge on any atom is -0.328 e. The number of nitrogens with two attached hydrogens (primary N) is 1. The average molecular weight is 283 g/mol. The molecule has 0 spiro atoms. The maximum Gasteiger partial charge on any atom is 0.154 e. The summed E-state index contributed by atoms with van der Waals surface area (Å²) in [5.74, 6) is 0.366. The van der Waals surface area contributed by atoms with Gasteiger partial charge in [0.25, 0.3) is 0 Å². The van der Waals surface area contributed by atoms with E-state index in [0.29, 0.717) is 6.42 Å². The van der Waals surface area contributed by atoms with Gasteiger partial charge in [-0.1, -0.05) is 36.2 Å². The molecule has 0 heterocycles. The fourth-order valence-electron chi connectivity index (χ4n) is 2.25. The molecule has 0 fully saturated rings. The Hall–Kier alpha value is -0.870. The first-order chi connectivity index (χ1) is 8.82. The molecule has 0 aromatic heterocycles. The third-order valence-corrected chi connectivity index (χ3v) is 4.91. The van der Waals surface area contributed by atoms with Crippen LogP contribution in [0.5, 0.6) is 0 Å². The normalized spacial score (nSPS) is 13.5. The molecule has 1 atom stereocenters. The minimum atomic E-state index is -3.03. The van der Waals surface area contributed by atoms with Gasteiger partial charge in [0.15, 0.2) is 9.84 Å². The van der Waals surface area contributed by atoms with E-state index >= 15 is 0 Å². The molecule has 1 rings (SSSR count). The lowest BCUT2D eigenvalue weighted by Gasteiger charge is -2.09. The zero-order valence-electron chi connectivity index (χ0n) is 12.1. The highest BCUT2D eigenvalue weighted by atomic mass is 32.2. The molecule has 0 aliphatic rings. The van der Waals surface area contributed by atoms with Crippen LogP contribution in [0.15, 0.2) is 18.2 Å². The predicted molar refractivity (Wildman–Crippen MR) is 80.9 cm³/mol. The Morgan fingerprint density at radius 1 is 1.16 bits per heavy atom. The Morgan fingerprint density at radius 3 is 2.26 bits per heavy atom. The van der Waals surface area contributed by atoms with Crippen molar-refractivity contribution in [2.45, 2.75) is 51.8 Å². The second-order valence-electron chi connectivity index (χ2n) is 5.40. The first kappa shape index (κ1) is 16.2. The number of rotatable bonds is 7. The SMILES string of the molecule is CCC(N)CCCS(=O)(=O)Cc1cc(C)cc(C)c1. The number of aryl methyl sites for hydroxylation is 2. The quantitative estimate of drug-likeness (QED) is 0.837. The smallest absolute Gasteiger partial charge is 0.154 e. The van der Waals surface area contributed by atoms with Gasteiger partial charge in [-0.25, -0.2) is 8.42 Å². The van der Waals surface area contributed by atoms with Crippen LogP contribution in [0, 0.1) is 13.8 Å². The fraction of sp³-hybridized carbons (Fsp3) is 0.600. The summed E-state index contributed by atoms with van der Waals surface area (Å²) in [6.45, 7) is 6.00. The molecule has 1 unspecified atom stereocenters. The number of sulfone groups is 1. The molecular formula is C15H25NO2S. The second-order valence-corrected chi connectivity index (χ2v) is 7.58. The Morgan fingerprint density at radius 2 is 1.74 bits per heavy atom. The molecule has 108 valence electrons. The maximum atomic E-state index is 12.1. The van der Waals surface area contributed by atoms with Crippen molar-refractivity contribution in [3.63, 3.8) is 0 Å². The summed E-state index contributed by atoms with van der Waals surface area (Å²) in [5, 5.41) is 0. The van der Waals surface area contributed by atoms with Gasteiger partial charge in [0.1, 0.15) is 0 Å². The summed E-state index contributed by atoms with van der Waals surface area (Å²) in [6.07, 6.45) is 2.34. The van der Waals surface area contributed by atoms with Gasteiger partial charge in [-0.2, -0.15) is 0 Å². The third kappa shape index (κ3) is 6.21. The van der Waals surface area contributed by atoms with E-state index in [1.54, 1.807) is 0 Å². The van der Waals surface area contributed by atoms with Crippen molar-refractivity contribution in [2.75, 3.05) is 5.75 Å². The van der Waals surface area contributed by atoms with Crippen molar-refractivity contribution in [1.29, 1.82) is 0 Å². The molecule has 0 amide bonds. The van der Waals surface area contributed by atoms with Gasteiger partial charge >= 0.3 is 0 Å². The first-order valence-electron chi connectivity index (χ1n) is 6.85. The summed E-state index contributed by atoms with van der Waals surface area (Å²) >= 11 is 0. The molecule has 1 aromatic rings. The van der Waals surface area contributed by atoms with Crippen LogP contribution < -0.4 is 5.73 Å². The van der Waals surface area contributed by atoms with E-state index in [2.05, 4.69) is 6.07 Å². The molecule has 0 aliphatic carbocycles. The van der Waals surface area contributed by atoms with Crippen molar-refractivity contribution < 1.29 is 8.42 Å². The minimum absolute atomic E-state index is 0.122. The molecular weight excluding hydrogens is 258 g/mol. The lowest BCUT2D eigenvalue weighted by Crippen LogP contribution is -2.20. The van der Waals surface area contributed by atoms with E-state index in [9.17, 15) is 8.42 Å². The number of hydrogen-bond acceptors (Lipinski definition) is 3. The molecule has 0 radical (unpaired) electrons. The average Bonchev–Trinajstić information content (AvgIpc) is 2.26. The van der Waals surface area contributed by atoms with E-state index in [0.717, 1.165) is 29.5 Å². The Bertz CT molecular complexity index is 489. The summed E-state index contributed by atoms with van der Waals surface area (Å²) in [5.41, 5.74) is 8.91.